The van der Waals surface area contributed by atoms with E-state index >= 15 is 0 Å². The summed E-state index contributed by atoms with van der Waals surface area (Å²) < 4.78 is 40.9. The number of carbonyl (C=O) groups is 2. The minimum atomic E-state index is -4.11. The van der Waals surface area contributed by atoms with Crippen LogP contribution in [-0.4, -0.2) is 42.7 Å². The van der Waals surface area contributed by atoms with Gasteiger partial charge in [0.2, 0.25) is 5.91 Å². The zero-order chi connectivity index (χ0) is 26.3. The van der Waals surface area contributed by atoms with Crippen LogP contribution in [0.5, 0.6) is 0 Å². The van der Waals surface area contributed by atoms with Gasteiger partial charge in [0.25, 0.3) is 10.0 Å². The maximum atomic E-state index is 13.6. The van der Waals surface area contributed by atoms with E-state index in [-0.39, 0.29) is 36.2 Å². The highest BCUT2D eigenvalue weighted by molar-refractivity contribution is 7.90. The number of carbonyl (C=O) groups excluding carboxylic acids is 2. The maximum absolute atomic E-state index is 13.6. The third kappa shape index (κ3) is 4.83. The molecular formula is C28H28FN3O4S. The number of para-hydroxylation sites is 1. The Morgan fingerprint density at radius 1 is 0.892 bits per heavy atom. The lowest BCUT2D eigenvalue weighted by atomic mass is 10.1. The van der Waals surface area contributed by atoms with Crippen LogP contribution < -0.4 is 4.90 Å². The van der Waals surface area contributed by atoms with E-state index in [0.29, 0.717) is 24.3 Å². The normalized spacial score (nSPS) is 18.9. The molecule has 2 aliphatic heterocycles. The lowest BCUT2D eigenvalue weighted by Gasteiger charge is -2.37. The molecule has 192 valence electrons. The fraction of sp³-hybridized carbons (Fsp3) is 0.286. The third-order valence-corrected chi connectivity index (χ3v) is 8.85. The van der Waals surface area contributed by atoms with Gasteiger partial charge in [0.1, 0.15) is 10.7 Å². The first-order valence-corrected chi connectivity index (χ1v) is 13.6. The van der Waals surface area contributed by atoms with Crippen LogP contribution in [0.25, 0.3) is 0 Å². The van der Waals surface area contributed by atoms with Crippen LogP contribution in [0.3, 0.4) is 0 Å². The molecule has 2 aliphatic rings. The first kappa shape index (κ1) is 25.0. The standard InChI is InChI=1S/C28H28FN3O4S/c1-19-7-8-22(13-20(19)2)15-30-16-23(14-27(30)33)17-31-25-5-3-4-6-26(25)37(35,36)32(28(31)34)18-21-9-11-24(29)12-10-21/h3-13,23H,14-18H2,1-2H3. The summed E-state index contributed by atoms with van der Waals surface area (Å²) in [7, 11) is -4.11. The third-order valence-electron chi connectivity index (χ3n) is 7.09. The molecule has 0 aliphatic carbocycles. The molecule has 1 saturated heterocycles. The lowest BCUT2D eigenvalue weighted by Crippen LogP contribution is -2.51. The summed E-state index contributed by atoms with van der Waals surface area (Å²) in [5, 5.41) is 0. The van der Waals surface area contributed by atoms with Crippen LogP contribution in [0.2, 0.25) is 0 Å². The van der Waals surface area contributed by atoms with Crippen molar-refractivity contribution in [1.82, 2.24) is 9.21 Å². The molecule has 1 atom stereocenters. The Kier molecular flexibility index (Phi) is 6.49. The van der Waals surface area contributed by atoms with Gasteiger partial charge in [-0.3, -0.25) is 9.69 Å². The Morgan fingerprint density at radius 3 is 2.32 bits per heavy atom. The number of nitrogens with zero attached hydrogens (tertiary/aromatic N) is 3. The average Bonchev–Trinajstić information content (AvgIpc) is 3.21. The zero-order valence-corrected chi connectivity index (χ0v) is 21.5. The predicted octanol–water partition coefficient (Wildman–Crippen LogP) is 4.62. The zero-order valence-electron chi connectivity index (χ0n) is 20.7. The van der Waals surface area contributed by atoms with Crippen LogP contribution in [-0.2, 0) is 27.9 Å². The molecule has 0 radical (unpaired) electrons. The monoisotopic (exact) mass is 521 g/mol. The van der Waals surface area contributed by atoms with Crippen molar-refractivity contribution in [3.05, 3.63) is 94.8 Å². The summed E-state index contributed by atoms with van der Waals surface area (Å²) in [5.74, 6) is -0.582. The molecule has 3 amide bonds. The summed E-state index contributed by atoms with van der Waals surface area (Å²) in [4.78, 5) is 29.7. The van der Waals surface area contributed by atoms with Gasteiger partial charge in [0.05, 0.1) is 12.2 Å². The van der Waals surface area contributed by atoms with Crippen molar-refractivity contribution in [2.24, 2.45) is 5.92 Å². The van der Waals surface area contributed by atoms with E-state index in [9.17, 15) is 22.4 Å². The number of anilines is 1. The molecule has 9 heteroatoms. The molecule has 7 nitrogen and oxygen atoms in total. The number of urea groups is 1. The first-order chi connectivity index (χ1) is 17.6. The number of fused-ring (bicyclic) bond motifs is 1. The highest BCUT2D eigenvalue weighted by atomic mass is 32.2. The first-order valence-electron chi connectivity index (χ1n) is 12.1. The smallest absolute Gasteiger partial charge is 0.338 e. The van der Waals surface area contributed by atoms with E-state index < -0.39 is 21.9 Å². The lowest BCUT2D eigenvalue weighted by molar-refractivity contribution is -0.128. The number of hydrogen-bond donors (Lipinski definition) is 0. The summed E-state index contributed by atoms with van der Waals surface area (Å²) in [5.41, 5.74) is 4.21. The highest BCUT2D eigenvalue weighted by Crippen LogP contribution is 2.36. The van der Waals surface area contributed by atoms with Crippen molar-refractivity contribution in [2.75, 3.05) is 18.0 Å². The van der Waals surface area contributed by atoms with Gasteiger partial charge >= 0.3 is 6.03 Å². The molecule has 0 N–H and O–H groups in total. The number of hydrogen-bond acceptors (Lipinski definition) is 4. The summed E-state index contributed by atoms with van der Waals surface area (Å²) in [6, 6.07) is 17.3. The highest BCUT2D eigenvalue weighted by Gasteiger charge is 2.43. The Morgan fingerprint density at radius 2 is 1.59 bits per heavy atom. The number of sulfonamides is 1. The van der Waals surface area contributed by atoms with E-state index in [1.54, 1.807) is 23.1 Å². The van der Waals surface area contributed by atoms with Crippen molar-refractivity contribution in [2.45, 2.75) is 38.3 Å². The van der Waals surface area contributed by atoms with Crippen LogP contribution in [0.4, 0.5) is 14.9 Å². The Bertz CT molecular complexity index is 1470. The van der Waals surface area contributed by atoms with Gasteiger partial charge in [-0.05, 0) is 60.4 Å². The maximum Gasteiger partial charge on any atom is 0.338 e. The van der Waals surface area contributed by atoms with Gasteiger partial charge in [0.15, 0.2) is 0 Å². The molecule has 2 heterocycles. The number of benzene rings is 3. The molecule has 3 aromatic carbocycles. The number of likely N-dealkylation sites (tertiary alicyclic amines) is 1. The molecule has 37 heavy (non-hydrogen) atoms. The minimum absolute atomic E-state index is 0.0109. The van der Waals surface area contributed by atoms with E-state index in [4.69, 9.17) is 0 Å². The number of rotatable bonds is 6. The second-order valence-corrected chi connectivity index (χ2v) is 11.6. The quantitative estimate of drug-likeness (QED) is 0.474. The second kappa shape index (κ2) is 9.63. The van der Waals surface area contributed by atoms with E-state index in [1.165, 1.54) is 46.4 Å². The molecule has 0 saturated carbocycles. The van der Waals surface area contributed by atoms with Crippen molar-refractivity contribution >= 4 is 27.6 Å². The van der Waals surface area contributed by atoms with E-state index in [0.717, 1.165) is 9.87 Å². The summed E-state index contributed by atoms with van der Waals surface area (Å²) in [6.45, 7) is 5.05. The Labute approximate surface area is 216 Å². The summed E-state index contributed by atoms with van der Waals surface area (Å²) >= 11 is 0. The van der Waals surface area contributed by atoms with Crippen molar-refractivity contribution in [3.8, 4) is 0 Å². The molecule has 3 aromatic rings. The number of halogens is 1. The van der Waals surface area contributed by atoms with Crippen LogP contribution in [0.15, 0.2) is 71.6 Å². The van der Waals surface area contributed by atoms with Gasteiger partial charge < -0.3 is 4.90 Å². The van der Waals surface area contributed by atoms with Gasteiger partial charge in [-0.15, -0.1) is 0 Å². The number of aryl methyl sites for hydroxylation is 2. The fourth-order valence-corrected chi connectivity index (χ4v) is 6.51. The molecule has 1 unspecified atom stereocenters. The van der Waals surface area contributed by atoms with Crippen molar-refractivity contribution < 1.29 is 22.4 Å². The molecule has 0 aromatic heterocycles. The van der Waals surface area contributed by atoms with Gasteiger partial charge in [-0.1, -0.05) is 42.5 Å². The van der Waals surface area contributed by atoms with Gasteiger partial charge in [0, 0.05) is 32.0 Å². The number of amides is 3. The largest absolute Gasteiger partial charge is 0.338 e. The van der Waals surface area contributed by atoms with Crippen molar-refractivity contribution in [3.63, 3.8) is 0 Å². The van der Waals surface area contributed by atoms with Crippen LogP contribution >= 0.6 is 0 Å². The Balaban J connectivity index is 1.38. The van der Waals surface area contributed by atoms with Crippen LogP contribution in [0, 0.1) is 25.6 Å². The average molecular weight is 522 g/mol. The van der Waals surface area contributed by atoms with Gasteiger partial charge in [-0.25, -0.2) is 21.9 Å². The SMILES string of the molecule is Cc1ccc(CN2CC(CN3C(=O)N(Cc4ccc(F)cc4)S(=O)(=O)c4ccccc43)CC2=O)cc1C. The summed E-state index contributed by atoms with van der Waals surface area (Å²) in [6.07, 6.45) is 0.279. The van der Waals surface area contributed by atoms with Crippen molar-refractivity contribution in [1.29, 1.82) is 0 Å². The van der Waals surface area contributed by atoms with E-state index in [1.807, 2.05) is 26.0 Å². The molecule has 0 spiro atoms. The van der Waals surface area contributed by atoms with E-state index in [2.05, 4.69) is 6.07 Å². The molecule has 1 fully saturated rings. The molecule has 5 rings (SSSR count). The fourth-order valence-electron chi connectivity index (χ4n) is 4.95. The minimum Gasteiger partial charge on any atom is -0.338 e. The molecular weight excluding hydrogens is 493 g/mol. The second-order valence-electron chi connectivity index (χ2n) is 9.76. The topological polar surface area (TPSA) is 78.0 Å². The molecule has 0 bridgehead atoms. The Hall–Kier alpha value is -3.72. The van der Waals surface area contributed by atoms with Gasteiger partial charge in [-0.2, -0.15) is 0 Å². The predicted molar refractivity (Wildman–Crippen MR) is 138 cm³/mol. The van der Waals surface area contributed by atoms with Crippen LogP contribution in [0.1, 0.15) is 28.7 Å².